The molecular formula is C44H66O2. The van der Waals surface area contributed by atoms with Crippen LogP contribution in [0, 0.1) is 0 Å². The first kappa shape index (κ1) is 33.9. The first-order valence-corrected chi connectivity index (χ1v) is 20.3. The standard InChI is InChI=1S/C44H66O2/c1-3-5-27-44(26-4-2,36-28-38(32-18-10-6-11-19-32)42(45)39(29-36)33-20-12-7-13-21-33)37-30-40(34-22-14-8-15-23-34)43(46)41(31-37)35-24-16-9-17-25-35/h28-35,45-46H,3-27H2,1-2H3. The summed E-state index contributed by atoms with van der Waals surface area (Å²) in [5.41, 5.74) is 7.96. The van der Waals surface area contributed by atoms with E-state index in [0.29, 0.717) is 35.2 Å². The van der Waals surface area contributed by atoms with Crippen molar-refractivity contribution in [2.24, 2.45) is 0 Å². The zero-order valence-electron chi connectivity index (χ0n) is 29.7. The topological polar surface area (TPSA) is 40.5 Å². The largest absolute Gasteiger partial charge is 0.507 e. The van der Waals surface area contributed by atoms with Gasteiger partial charge in [-0.2, -0.15) is 0 Å². The van der Waals surface area contributed by atoms with Crippen molar-refractivity contribution in [2.45, 2.75) is 203 Å². The third-order valence-electron chi connectivity index (χ3n) is 13.3. The maximum Gasteiger partial charge on any atom is 0.122 e. The van der Waals surface area contributed by atoms with E-state index in [2.05, 4.69) is 38.1 Å². The second kappa shape index (κ2) is 16.0. The van der Waals surface area contributed by atoms with Crippen LogP contribution in [0.25, 0.3) is 0 Å². The van der Waals surface area contributed by atoms with Crippen LogP contribution >= 0.6 is 0 Å². The van der Waals surface area contributed by atoms with Gasteiger partial charge in [-0.3, -0.25) is 0 Å². The maximum absolute atomic E-state index is 12.1. The van der Waals surface area contributed by atoms with E-state index in [-0.39, 0.29) is 5.41 Å². The molecule has 0 unspecified atom stereocenters. The van der Waals surface area contributed by atoms with E-state index in [1.54, 1.807) is 0 Å². The normalized spacial score (nSPS) is 21.5. The van der Waals surface area contributed by atoms with Gasteiger partial charge in [-0.1, -0.05) is 134 Å². The Morgan fingerprint density at radius 1 is 0.457 bits per heavy atom. The summed E-state index contributed by atoms with van der Waals surface area (Å²) in [5, 5.41) is 24.2. The van der Waals surface area contributed by atoms with Crippen LogP contribution in [0.4, 0.5) is 0 Å². The monoisotopic (exact) mass is 627 g/mol. The van der Waals surface area contributed by atoms with Crippen LogP contribution in [0.1, 0.15) is 231 Å². The summed E-state index contributed by atoms with van der Waals surface area (Å²) in [5.74, 6) is 3.24. The molecule has 6 rings (SSSR count). The van der Waals surface area contributed by atoms with Crippen LogP contribution in [-0.2, 0) is 5.41 Å². The number of aromatic hydroxyl groups is 2. The molecule has 4 aliphatic carbocycles. The Bertz CT molecular complexity index is 1080. The highest BCUT2D eigenvalue weighted by Gasteiger charge is 2.38. The van der Waals surface area contributed by atoms with Gasteiger partial charge in [-0.15, -0.1) is 0 Å². The summed E-state index contributed by atoms with van der Waals surface area (Å²) in [6.07, 6.45) is 31.2. The van der Waals surface area contributed by atoms with E-state index < -0.39 is 0 Å². The Balaban J connectivity index is 1.57. The van der Waals surface area contributed by atoms with Gasteiger partial charge in [0.15, 0.2) is 0 Å². The highest BCUT2D eigenvalue weighted by Crippen LogP contribution is 2.52. The quantitative estimate of drug-likeness (QED) is 0.260. The van der Waals surface area contributed by atoms with E-state index in [1.165, 1.54) is 175 Å². The Kier molecular flexibility index (Phi) is 11.8. The number of hydrogen-bond acceptors (Lipinski definition) is 2. The summed E-state index contributed by atoms with van der Waals surface area (Å²) < 4.78 is 0. The van der Waals surface area contributed by atoms with Crippen LogP contribution in [-0.4, -0.2) is 10.2 Å². The average Bonchev–Trinajstić information content (AvgIpc) is 3.12. The smallest absolute Gasteiger partial charge is 0.122 e. The van der Waals surface area contributed by atoms with Crippen molar-refractivity contribution in [3.8, 4) is 11.5 Å². The van der Waals surface area contributed by atoms with Gasteiger partial charge in [0, 0.05) is 5.41 Å². The Morgan fingerprint density at radius 3 is 1.02 bits per heavy atom. The van der Waals surface area contributed by atoms with Crippen LogP contribution in [0.15, 0.2) is 24.3 Å². The molecule has 0 atom stereocenters. The van der Waals surface area contributed by atoms with Gasteiger partial charge < -0.3 is 10.2 Å². The van der Waals surface area contributed by atoms with E-state index in [0.717, 1.165) is 19.3 Å². The Labute approximate surface area is 282 Å². The van der Waals surface area contributed by atoms with Crippen molar-refractivity contribution in [1.29, 1.82) is 0 Å². The lowest BCUT2D eigenvalue weighted by molar-refractivity contribution is 0.379. The van der Waals surface area contributed by atoms with Gasteiger partial charge in [0.25, 0.3) is 0 Å². The summed E-state index contributed by atoms with van der Waals surface area (Å²) in [4.78, 5) is 0. The zero-order valence-corrected chi connectivity index (χ0v) is 29.7. The van der Waals surface area contributed by atoms with Gasteiger partial charge in [0.1, 0.15) is 11.5 Å². The second-order valence-electron chi connectivity index (χ2n) is 16.3. The second-order valence-corrected chi connectivity index (χ2v) is 16.3. The molecule has 0 heterocycles. The molecule has 0 amide bonds. The minimum absolute atomic E-state index is 0.0914. The minimum Gasteiger partial charge on any atom is -0.507 e. The van der Waals surface area contributed by atoms with Gasteiger partial charge in [0.2, 0.25) is 0 Å². The molecule has 2 N–H and O–H groups in total. The molecule has 2 aromatic carbocycles. The summed E-state index contributed by atoms with van der Waals surface area (Å²) in [7, 11) is 0. The molecule has 0 radical (unpaired) electrons. The molecule has 2 aromatic rings. The SMILES string of the molecule is CCCCC(CCC)(c1cc(C2CCCCC2)c(O)c(C2CCCCC2)c1)c1cc(C2CCCCC2)c(O)c(C2CCCCC2)c1. The minimum atomic E-state index is -0.0914. The van der Waals surface area contributed by atoms with Crippen LogP contribution in [0.3, 0.4) is 0 Å². The predicted molar refractivity (Wildman–Crippen MR) is 195 cm³/mol. The van der Waals surface area contributed by atoms with Crippen LogP contribution < -0.4 is 0 Å². The molecule has 0 aromatic heterocycles. The lowest BCUT2D eigenvalue weighted by atomic mass is 9.64. The van der Waals surface area contributed by atoms with Gasteiger partial charge >= 0.3 is 0 Å². The van der Waals surface area contributed by atoms with Crippen molar-refractivity contribution in [3.63, 3.8) is 0 Å². The zero-order chi connectivity index (χ0) is 31.9. The lowest BCUT2D eigenvalue weighted by Gasteiger charge is -2.39. The van der Waals surface area contributed by atoms with E-state index in [1.807, 2.05) is 0 Å². The fourth-order valence-corrected chi connectivity index (χ4v) is 10.6. The molecule has 0 aliphatic heterocycles. The fraction of sp³-hybridized carbons (Fsp3) is 0.727. The molecule has 4 fully saturated rings. The molecule has 0 saturated heterocycles. The first-order chi connectivity index (χ1) is 22.6. The number of unbranched alkanes of at least 4 members (excludes halogenated alkanes) is 1. The molecule has 46 heavy (non-hydrogen) atoms. The van der Waals surface area contributed by atoms with Crippen molar-refractivity contribution in [3.05, 3.63) is 57.6 Å². The third-order valence-corrected chi connectivity index (χ3v) is 13.3. The van der Waals surface area contributed by atoms with Crippen molar-refractivity contribution >= 4 is 0 Å². The number of phenols is 2. The summed E-state index contributed by atoms with van der Waals surface area (Å²) >= 11 is 0. The highest BCUT2D eigenvalue weighted by molar-refractivity contribution is 5.56. The van der Waals surface area contributed by atoms with Crippen molar-refractivity contribution < 1.29 is 10.2 Å². The molecule has 2 heteroatoms. The Morgan fingerprint density at radius 2 is 0.761 bits per heavy atom. The van der Waals surface area contributed by atoms with Crippen LogP contribution in [0.5, 0.6) is 11.5 Å². The predicted octanol–water partition coefficient (Wildman–Crippen LogP) is 13.6. The third kappa shape index (κ3) is 7.22. The number of benzene rings is 2. The summed E-state index contributed by atoms with van der Waals surface area (Å²) in [6, 6.07) is 10.1. The molecule has 2 nitrogen and oxygen atoms in total. The maximum atomic E-state index is 12.1. The van der Waals surface area contributed by atoms with Gasteiger partial charge in [0.05, 0.1) is 0 Å². The number of hydrogen-bond donors (Lipinski definition) is 2. The number of phenolic OH excluding ortho intramolecular Hbond substituents is 2. The molecule has 4 aliphatic rings. The van der Waals surface area contributed by atoms with Gasteiger partial charge in [-0.25, -0.2) is 0 Å². The van der Waals surface area contributed by atoms with E-state index in [4.69, 9.17) is 0 Å². The van der Waals surface area contributed by atoms with Crippen LogP contribution in [0.2, 0.25) is 0 Å². The Hall–Kier alpha value is -1.96. The van der Waals surface area contributed by atoms with Gasteiger partial charge in [-0.05, 0) is 121 Å². The molecular weight excluding hydrogens is 560 g/mol. The highest BCUT2D eigenvalue weighted by atomic mass is 16.3. The first-order valence-electron chi connectivity index (χ1n) is 20.3. The van der Waals surface area contributed by atoms with E-state index in [9.17, 15) is 10.2 Å². The molecule has 254 valence electrons. The lowest BCUT2D eigenvalue weighted by Crippen LogP contribution is -2.30. The molecule has 4 saturated carbocycles. The average molecular weight is 627 g/mol. The fourth-order valence-electron chi connectivity index (χ4n) is 10.6. The van der Waals surface area contributed by atoms with Crippen molar-refractivity contribution in [1.82, 2.24) is 0 Å². The summed E-state index contributed by atoms with van der Waals surface area (Å²) in [6.45, 7) is 4.74. The molecule has 0 spiro atoms. The molecule has 0 bridgehead atoms. The number of rotatable bonds is 11. The van der Waals surface area contributed by atoms with Crippen molar-refractivity contribution in [2.75, 3.05) is 0 Å². The van der Waals surface area contributed by atoms with E-state index >= 15 is 0 Å².